The molecule has 3 rings (SSSR count). The minimum atomic E-state index is -0.324. The molecule has 5 nitrogen and oxygen atoms in total. The number of hydrogen-bond acceptors (Lipinski definition) is 3. The molecule has 0 saturated heterocycles. The molecule has 0 bridgehead atoms. The quantitative estimate of drug-likeness (QED) is 0.709. The van der Waals surface area contributed by atoms with Gasteiger partial charge in [-0.3, -0.25) is 4.79 Å². The summed E-state index contributed by atoms with van der Waals surface area (Å²) in [5.41, 5.74) is 2.23. The van der Waals surface area contributed by atoms with Gasteiger partial charge in [0.25, 0.3) is 5.91 Å². The molecule has 0 aliphatic carbocycles. The zero-order valence-electron chi connectivity index (χ0n) is 12.8. The molecular formula is C17H14Cl2N4O. The van der Waals surface area contributed by atoms with Crippen molar-refractivity contribution in [3.05, 3.63) is 75.7 Å². The number of hydrogen-bond donors (Lipinski definition) is 1. The molecule has 0 saturated carbocycles. The Morgan fingerprint density at radius 1 is 1.21 bits per heavy atom. The van der Waals surface area contributed by atoms with Gasteiger partial charge in [0.2, 0.25) is 0 Å². The highest BCUT2D eigenvalue weighted by Crippen LogP contribution is 2.21. The molecule has 1 amide bonds. The van der Waals surface area contributed by atoms with Crippen LogP contribution in [0.2, 0.25) is 10.2 Å². The minimum Gasteiger partial charge on any atom is -0.307 e. The lowest BCUT2D eigenvalue weighted by Crippen LogP contribution is -2.16. The molecule has 1 aromatic carbocycles. The molecule has 0 aliphatic rings. The number of rotatable bonds is 4. The first-order valence-corrected chi connectivity index (χ1v) is 7.99. The highest BCUT2D eigenvalue weighted by atomic mass is 35.5. The predicted octanol–water partition coefficient (Wildman–Crippen LogP) is 4.19. The van der Waals surface area contributed by atoms with Crippen LogP contribution >= 0.6 is 23.2 Å². The molecule has 3 aromatic rings. The first-order valence-electron chi connectivity index (χ1n) is 7.23. The van der Waals surface area contributed by atoms with Gasteiger partial charge in [-0.25, -0.2) is 9.67 Å². The van der Waals surface area contributed by atoms with Gasteiger partial charge in [0.1, 0.15) is 11.0 Å². The van der Waals surface area contributed by atoms with Crippen LogP contribution < -0.4 is 5.32 Å². The number of benzene rings is 1. The third kappa shape index (κ3) is 3.75. The molecule has 0 aliphatic heterocycles. The Morgan fingerprint density at radius 3 is 2.67 bits per heavy atom. The van der Waals surface area contributed by atoms with Crippen molar-refractivity contribution in [3.63, 3.8) is 0 Å². The van der Waals surface area contributed by atoms with Crippen LogP contribution in [0, 0.1) is 6.92 Å². The summed E-state index contributed by atoms with van der Waals surface area (Å²) in [6.45, 7) is 2.43. The normalized spacial score (nSPS) is 10.6. The van der Waals surface area contributed by atoms with Crippen LogP contribution in [0.3, 0.4) is 0 Å². The molecular weight excluding hydrogens is 347 g/mol. The van der Waals surface area contributed by atoms with E-state index in [1.807, 2.05) is 43.3 Å². The van der Waals surface area contributed by atoms with Crippen molar-refractivity contribution in [2.24, 2.45) is 0 Å². The van der Waals surface area contributed by atoms with Gasteiger partial charge in [-0.05, 0) is 18.6 Å². The van der Waals surface area contributed by atoms with E-state index in [0.29, 0.717) is 17.9 Å². The van der Waals surface area contributed by atoms with Gasteiger partial charge in [-0.2, -0.15) is 5.10 Å². The number of nitrogens with zero attached hydrogens (tertiary/aromatic N) is 3. The second-order valence-electron chi connectivity index (χ2n) is 5.26. The smallest absolute Gasteiger partial charge is 0.258 e. The van der Waals surface area contributed by atoms with Crippen molar-refractivity contribution in [1.29, 1.82) is 0 Å². The Balaban J connectivity index is 1.82. The third-order valence-corrected chi connectivity index (χ3v) is 4.06. The number of anilines is 1. The van der Waals surface area contributed by atoms with Gasteiger partial charge >= 0.3 is 0 Å². The van der Waals surface area contributed by atoms with Gasteiger partial charge in [-0.15, -0.1) is 0 Å². The fourth-order valence-electron chi connectivity index (χ4n) is 2.26. The molecule has 1 N–H and O–H groups in total. The van der Waals surface area contributed by atoms with E-state index in [4.69, 9.17) is 23.2 Å². The van der Waals surface area contributed by atoms with Crippen LogP contribution in [-0.4, -0.2) is 20.7 Å². The Labute approximate surface area is 149 Å². The number of nitrogens with one attached hydrogen (secondary N) is 1. The van der Waals surface area contributed by atoms with Crippen molar-refractivity contribution in [1.82, 2.24) is 14.8 Å². The van der Waals surface area contributed by atoms with Crippen LogP contribution in [0.1, 0.15) is 21.6 Å². The van der Waals surface area contributed by atoms with Crippen LogP contribution in [0.5, 0.6) is 0 Å². The lowest BCUT2D eigenvalue weighted by atomic mass is 10.2. The van der Waals surface area contributed by atoms with Crippen LogP contribution in [-0.2, 0) is 6.54 Å². The summed E-state index contributed by atoms with van der Waals surface area (Å²) in [4.78, 5) is 16.3. The predicted molar refractivity (Wildman–Crippen MR) is 94.7 cm³/mol. The van der Waals surface area contributed by atoms with Gasteiger partial charge in [0.15, 0.2) is 0 Å². The summed E-state index contributed by atoms with van der Waals surface area (Å²) in [6, 6.07) is 13.2. The number of halogens is 2. The second kappa shape index (κ2) is 7.03. The highest BCUT2D eigenvalue weighted by molar-refractivity contribution is 6.41. The summed E-state index contributed by atoms with van der Waals surface area (Å²) in [5.74, 6) is 0.280. The van der Waals surface area contributed by atoms with Crippen molar-refractivity contribution in [3.8, 4) is 0 Å². The number of aryl methyl sites for hydroxylation is 1. The number of carbonyl (C=O) groups is 1. The maximum atomic E-state index is 12.4. The molecule has 24 heavy (non-hydrogen) atoms. The molecule has 2 heterocycles. The number of aromatic nitrogens is 3. The first kappa shape index (κ1) is 16.5. The van der Waals surface area contributed by atoms with Crippen molar-refractivity contribution in [2.45, 2.75) is 13.5 Å². The van der Waals surface area contributed by atoms with Crippen molar-refractivity contribution in [2.75, 3.05) is 5.32 Å². The Hall–Kier alpha value is -2.37. The molecule has 2 aromatic heterocycles. The molecule has 0 radical (unpaired) electrons. The standard InChI is InChI=1S/C17H14Cl2N4O/c1-11-7-15(23(22-11)10-12-5-3-2-4-6-12)21-17(24)13-8-14(18)16(19)20-9-13/h2-9H,10H2,1H3,(H,21,24). The van der Waals surface area contributed by atoms with E-state index in [1.165, 1.54) is 12.3 Å². The van der Waals surface area contributed by atoms with Gasteiger partial charge in [0, 0.05) is 12.3 Å². The van der Waals surface area contributed by atoms with E-state index in [2.05, 4.69) is 15.4 Å². The van der Waals surface area contributed by atoms with Crippen molar-refractivity contribution < 1.29 is 4.79 Å². The minimum absolute atomic E-state index is 0.165. The van der Waals surface area contributed by atoms with Gasteiger partial charge < -0.3 is 5.32 Å². The maximum Gasteiger partial charge on any atom is 0.258 e. The summed E-state index contributed by atoms with van der Waals surface area (Å²) >= 11 is 11.7. The first-order chi connectivity index (χ1) is 11.5. The Bertz CT molecular complexity index is 878. The third-order valence-electron chi connectivity index (χ3n) is 3.38. The van der Waals surface area contributed by atoms with Gasteiger partial charge in [0.05, 0.1) is 22.8 Å². The molecule has 0 unspecified atom stereocenters. The van der Waals surface area contributed by atoms with Crippen LogP contribution in [0.15, 0.2) is 48.7 Å². The topological polar surface area (TPSA) is 59.8 Å². The summed E-state index contributed by atoms with van der Waals surface area (Å²) in [5, 5.41) is 7.66. The molecule has 7 heteroatoms. The molecule has 122 valence electrons. The highest BCUT2D eigenvalue weighted by Gasteiger charge is 2.13. The average Bonchev–Trinajstić information content (AvgIpc) is 2.90. The zero-order chi connectivity index (χ0) is 17.1. The van der Waals surface area contributed by atoms with E-state index in [0.717, 1.165) is 11.3 Å². The number of carbonyl (C=O) groups excluding carboxylic acids is 1. The van der Waals surface area contributed by atoms with Gasteiger partial charge in [-0.1, -0.05) is 53.5 Å². The van der Waals surface area contributed by atoms with E-state index in [-0.39, 0.29) is 16.1 Å². The summed E-state index contributed by atoms with van der Waals surface area (Å²) in [6.07, 6.45) is 1.38. The SMILES string of the molecule is Cc1cc(NC(=O)c2cnc(Cl)c(Cl)c2)n(Cc2ccccc2)n1. The van der Waals surface area contributed by atoms with E-state index in [1.54, 1.807) is 4.68 Å². The summed E-state index contributed by atoms with van der Waals surface area (Å²) in [7, 11) is 0. The Kier molecular flexibility index (Phi) is 4.83. The summed E-state index contributed by atoms with van der Waals surface area (Å²) < 4.78 is 1.74. The number of amides is 1. The van der Waals surface area contributed by atoms with Crippen molar-refractivity contribution >= 4 is 34.9 Å². The monoisotopic (exact) mass is 360 g/mol. The second-order valence-corrected chi connectivity index (χ2v) is 6.03. The average molecular weight is 361 g/mol. The fraction of sp³-hybridized carbons (Fsp3) is 0.118. The molecule has 0 spiro atoms. The lowest BCUT2D eigenvalue weighted by molar-refractivity contribution is 0.102. The van der Waals surface area contributed by atoms with E-state index in [9.17, 15) is 4.79 Å². The zero-order valence-corrected chi connectivity index (χ0v) is 14.3. The Morgan fingerprint density at radius 2 is 1.96 bits per heavy atom. The molecule has 0 fully saturated rings. The maximum absolute atomic E-state index is 12.4. The van der Waals surface area contributed by atoms with Crippen LogP contribution in [0.25, 0.3) is 0 Å². The molecule has 0 atom stereocenters. The van der Waals surface area contributed by atoms with E-state index >= 15 is 0 Å². The largest absolute Gasteiger partial charge is 0.307 e. The van der Waals surface area contributed by atoms with E-state index < -0.39 is 0 Å². The van der Waals surface area contributed by atoms with Crippen LogP contribution in [0.4, 0.5) is 5.82 Å². The number of pyridine rings is 1. The fourth-order valence-corrected chi connectivity index (χ4v) is 2.53. The lowest BCUT2D eigenvalue weighted by Gasteiger charge is -2.09.